The standard InChI is InChI=1S/C11H13N5/c1-3-13-11-10(1)5-9(6-14-11)2-4-16-8-12-7-15-16/h5-8H,1-4H2,(H,13,14). The van der Waals surface area contributed by atoms with Gasteiger partial charge < -0.3 is 5.32 Å². The van der Waals surface area contributed by atoms with Crippen LogP contribution in [0.15, 0.2) is 24.9 Å². The lowest BCUT2D eigenvalue weighted by atomic mass is 10.1. The van der Waals surface area contributed by atoms with Crippen LogP contribution in [0.5, 0.6) is 0 Å². The van der Waals surface area contributed by atoms with Gasteiger partial charge in [0.05, 0.1) is 0 Å². The van der Waals surface area contributed by atoms with Crippen molar-refractivity contribution in [1.29, 1.82) is 0 Å². The van der Waals surface area contributed by atoms with Crippen LogP contribution in [-0.4, -0.2) is 26.3 Å². The van der Waals surface area contributed by atoms with E-state index in [2.05, 4.69) is 26.4 Å². The molecule has 0 saturated heterocycles. The summed E-state index contributed by atoms with van der Waals surface area (Å²) in [4.78, 5) is 8.32. The highest BCUT2D eigenvalue weighted by Crippen LogP contribution is 2.20. The molecule has 5 heteroatoms. The van der Waals surface area contributed by atoms with Crippen LogP contribution in [0.2, 0.25) is 0 Å². The highest BCUT2D eigenvalue weighted by Gasteiger charge is 2.11. The lowest BCUT2D eigenvalue weighted by molar-refractivity contribution is 0.612. The van der Waals surface area contributed by atoms with E-state index in [1.54, 1.807) is 12.7 Å². The van der Waals surface area contributed by atoms with E-state index in [0.29, 0.717) is 0 Å². The van der Waals surface area contributed by atoms with Crippen LogP contribution in [0.25, 0.3) is 0 Å². The van der Waals surface area contributed by atoms with E-state index >= 15 is 0 Å². The summed E-state index contributed by atoms with van der Waals surface area (Å²) in [5.41, 5.74) is 2.59. The molecule has 0 saturated carbocycles. The second kappa shape index (κ2) is 3.92. The minimum Gasteiger partial charge on any atom is -0.370 e. The van der Waals surface area contributed by atoms with Gasteiger partial charge in [-0.25, -0.2) is 9.97 Å². The first kappa shape index (κ1) is 9.33. The number of hydrogen-bond acceptors (Lipinski definition) is 4. The molecule has 0 amide bonds. The van der Waals surface area contributed by atoms with Gasteiger partial charge in [0, 0.05) is 19.3 Å². The van der Waals surface area contributed by atoms with Crippen molar-refractivity contribution in [3.8, 4) is 0 Å². The number of nitrogens with zero attached hydrogens (tertiary/aromatic N) is 4. The summed E-state index contributed by atoms with van der Waals surface area (Å²) in [6, 6.07) is 2.24. The smallest absolute Gasteiger partial charge is 0.137 e. The summed E-state index contributed by atoms with van der Waals surface area (Å²) < 4.78 is 1.84. The zero-order valence-corrected chi connectivity index (χ0v) is 8.93. The fourth-order valence-corrected chi connectivity index (χ4v) is 1.95. The normalized spacial score (nSPS) is 13.5. The maximum absolute atomic E-state index is 4.40. The maximum atomic E-state index is 4.40. The Bertz CT molecular complexity index is 477. The average molecular weight is 215 g/mol. The third kappa shape index (κ3) is 1.76. The van der Waals surface area contributed by atoms with Gasteiger partial charge in [0.2, 0.25) is 0 Å². The summed E-state index contributed by atoms with van der Waals surface area (Å²) in [7, 11) is 0. The molecular formula is C11H13N5. The molecule has 0 spiro atoms. The van der Waals surface area contributed by atoms with E-state index in [-0.39, 0.29) is 0 Å². The lowest BCUT2D eigenvalue weighted by Crippen LogP contribution is -2.02. The number of anilines is 1. The number of pyridine rings is 1. The second-order valence-corrected chi connectivity index (χ2v) is 3.94. The summed E-state index contributed by atoms with van der Waals surface area (Å²) in [6.07, 6.45) is 7.27. The zero-order chi connectivity index (χ0) is 10.8. The number of fused-ring (bicyclic) bond motifs is 1. The number of aryl methyl sites for hydroxylation is 2. The Morgan fingerprint density at radius 2 is 2.44 bits per heavy atom. The molecule has 0 atom stereocenters. The van der Waals surface area contributed by atoms with Crippen molar-refractivity contribution in [3.05, 3.63) is 36.0 Å². The number of hydrogen-bond donors (Lipinski definition) is 1. The molecule has 1 aliphatic rings. The Hall–Kier alpha value is -1.91. The second-order valence-electron chi connectivity index (χ2n) is 3.94. The molecule has 2 aromatic heterocycles. The fraction of sp³-hybridized carbons (Fsp3) is 0.364. The van der Waals surface area contributed by atoms with E-state index in [1.165, 1.54) is 11.1 Å². The van der Waals surface area contributed by atoms with Crippen molar-refractivity contribution in [2.75, 3.05) is 11.9 Å². The van der Waals surface area contributed by atoms with Crippen molar-refractivity contribution in [1.82, 2.24) is 19.7 Å². The van der Waals surface area contributed by atoms with Crippen LogP contribution in [-0.2, 0) is 19.4 Å². The molecule has 1 N–H and O–H groups in total. The summed E-state index contributed by atoms with van der Waals surface area (Å²) in [5.74, 6) is 1.05. The Kier molecular flexibility index (Phi) is 2.29. The van der Waals surface area contributed by atoms with Gasteiger partial charge in [-0.05, 0) is 24.0 Å². The molecule has 0 radical (unpaired) electrons. The highest BCUT2D eigenvalue weighted by atomic mass is 15.3. The number of nitrogens with one attached hydrogen (secondary N) is 1. The van der Waals surface area contributed by atoms with E-state index < -0.39 is 0 Å². The molecule has 3 rings (SSSR count). The third-order valence-electron chi connectivity index (χ3n) is 2.81. The SMILES string of the molecule is c1ncn(CCc2cnc3c(c2)CCN3)n1. The van der Waals surface area contributed by atoms with Gasteiger partial charge in [-0.15, -0.1) is 0 Å². The van der Waals surface area contributed by atoms with Crippen molar-refractivity contribution < 1.29 is 0 Å². The fourth-order valence-electron chi connectivity index (χ4n) is 1.95. The van der Waals surface area contributed by atoms with Crippen molar-refractivity contribution in [3.63, 3.8) is 0 Å². The molecule has 2 aromatic rings. The van der Waals surface area contributed by atoms with Crippen LogP contribution in [0.4, 0.5) is 5.82 Å². The third-order valence-corrected chi connectivity index (χ3v) is 2.81. The van der Waals surface area contributed by atoms with Gasteiger partial charge in [0.15, 0.2) is 0 Å². The minimum atomic E-state index is 0.855. The van der Waals surface area contributed by atoms with Gasteiger partial charge in [0.1, 0.15) is 18.5 Å². The van der Waals surface area contributed by atoms with E-state index in [0.717, 1.165) is 31.7 Å². The summed E-state index contributed by atoms with van der Waals surface area (Å²) >= 11 is 0. The van der Waals surface area contributed by atoms with Crippen molar-refractivity contribution in [2.24, 2.45) is 0 Å². The summed E-state index contributed by atoms with van der Waals surface area (Å²) in [5, 5.41) is 7.33. The molecule has 1 aliphatic heterocycles. The molecule has 82 valence electrons. The van der Waals surface area contributed by atoms with Crippen LogP contribution in [0.1, 0.15) is 11.1 Å². The molecule has 0 bridgehead atoms. The first-order chi connectivity index (χ1) is 7.92. The van der Waals surface area contributed by atoms with Gasteiger partial charge in [-0.1, -0.05) is 6.07 Å². The Balaban J connectivity index is 1.71. The Morgan fingerprint density at radius 3 is 3.31 bits per heavy atom. The van der Waals surface area contributed by atoms with Crippen LogP contribution >= 0.6 is 0 Å². The van der Waals surface area contributed by atoms with Gasteiger partial charge in [-0.2, -0.15) is 5.10 Å². The van der Waals surface area contributed by atoms with E-state index in [4.69, 9.17) is 0 Å². The highest BCUT2D eigenvalue weighted by molar-refractivity contribution is 5.49. The predicted molar refractivity (Wildman–Crippen MR) is 60.2 cm³/mol. The minimum absolute atomic E-state index is 0.855. The zero-order valence-electron chi connectivity index (χ0n) is 8.93. The quantitative estimate of drug-likeness (QED) is 0.826. The van der Waals surface area contributed by atoms with Gasteiger partial charge >= 0.3 is 0 Å². The first-order valence-electron chi connectivity index (χ1n) is 5.46. The average Bonchev–Trinajstić information content (AvgIpc) is 2.97. The molecule has 5 nitrogen and oxygen atoms in total. The molecule has 3 heterocycles. The topological polar surface area (TPSA) is 55.6 Å². The molecule has 0 fully saturated rings. The molecule has 0 unspecified atom stereocenters. The number of rotatable bonds is 3. The lowest BCUT2D eigenvalue weighted by Gasteiger charge is -2.03. The number of aromatic nitrogens is 4. The van der Waals surface area contributed by atoms with Gasteiger partial charge in [0.25, 0.3) is 0 Å². The van der Waals surface area contributed by atoms with E-state index in [1.807, 2.05) is 10.9 Å². The predicted octanol–water partition coefficient (Wildman–Crippen LogP) is 0.884. The Morgan fingerprint density at radius 1 is 1.44 bits per heavy atom. The van der Waals surface area contributed by atoms with Crippen LogP contribution in [0.3, 0.4) is 0 Å². The Labute approximate surface area is 93.5 Å². The maximum Gasteiger partial charge on any atom is 0.137 e. The van der Waals surface area contributed by atoms with Crippen molar-refractivity contribution >= 4 is 5.82 Å². The molecule has 0 aliphatic carbocycles. The first-order valence-corrected chi connectivity index (χ1v) is 5.46. The van der Waals surface area contributed by atoms with Crippen LogP contribution in [0, 0.1) is 0 Å². The van der Waals surface area contributed by atoms with Gasteiger partial charge in [-0.3, -0.25) is 4.68 Å². The molecule has 16 heavy (non-hydrogen) atoms. The molecule has 0 aromatic carbocycles. The van der Waals surface area contributed by atoms with Crippen LogP contribution < -0.4 is 5.32 Å². The van der Waals surface area contributed by atoms with Crippen molar-refractivity contribution in [2.45, 2.75) is 19.4 Å². The monoisotopic (exact) mass is 215 g/mol. The largest absolute Gasteiger partial charge is 0.370 e. The summed E-state index contributed by atoms with van der Waals surface area (Å²) in [6.45, 7) is 1.86. The molecular weight excluding hydrogens is 202 g/mol. The van der Waals surface area contributed by atoms with E-state index in [9.17, 15) is 0 Å².